The van der Waals surface area contributed by atoms with Crippen LogP contribution in [0.5, 0.6) is 0 Å². The minimum Gasteiger partial charge on any atom is -0.479 e. The monoisotopic (exact) mass is 1800 g/mol. The first-order valence-electron chi connectivity index (χ1n) is 39.1. The van der Waals surface area contributed by atoms with E-state index in [0.717, 1.165) is 0 Å². The minimum absolute atomic E-state index is 0.0689. The predicted molar refractivity (Wildman–Crippen MR) is 384 cm³/mol. The number of carboxylic acids is 3. The van der Waals surface area contributed by atoms with Gasteiger partial charge < -0.3 is 245 Å². The zero-order valence-electron chi connectivity index (χ0n) is 67.0. The molecule has 0 aromatic heterocycles. The first kappa shape index (κ1) is 107. The van der Waals surface area contributed by atoms with Crippen LogP contribution >= 0.6 is 0 Å². The van der Waals surface area contributed by atoms with Crippen molar-refractivity contribution in [1.82, 2.24) is 0 Å². The maximum absolute atomic E-state index is 11.3. The van der Waals surface area contributed by atoms with Crippen molar-refractivity contribution in [1.29, 1.82) is 0 Å². The van der Waals surface area contributed by atoms with Gasteiger partial charge in [-0.3, -0.25) is 0 Å². The number of aliphatic hydroxyl groups is 31. The minimum atomic E-state index is -1.86. The van der Waals surface area contributed by atoms with E-state index in [4.69, 9.17) is 122 Å². The summed E-state index contributed by atoms with van der Waals surface area (Å²) >= 11 is 0. The lowest BCUT2D eigenvalue weighted by Gasteiger charge is -2.48. The van der Waals surface area contributed by atoms with Crippen molar-refractivity contribution in [3.8, 4) is 0 Å². The Balaban J connectivity index is 0.000000240. The summed E-state index contributed by atoms with van der Waals surface area (Å²) in [6.45, 7) is 10.2. The number of rotatable bonds is 16. The maximum atomic E-state index is 11.3. The number of hydrogen-bond donors (Lipinski definition) is 34. The van der Waals surface area contributed by atoms with E-state index in [-0.39, 0.29) is 26.2 Å². The van der Waals surface area contributed by atoms with Crippen LogP contribution in [0.2, 0.25) is 0 Å². The van der Waals surface area contributed by atoms with Crippen molar-refractivity contribution < 1.29 is 259 Å². The second kappa shape index (κ2) is 47.4. The fourth-order valence-corrected chi connectivity index (χ4v) is 14.4. The first-order valence-corrected chi connectivity index (χ1v) is 39.1. The summed E-state index contributed by atoms with van der Waals surface area (Å²) < 4.78 is 79.9. The highest BCUT2D eigenvalue weighted by Gasteiger charge is 2.57. The lowest BCUT2D eigenvalue weighted by atomic mass is 9.81. The third-order valence-electron chi connectivity index (χ3n) is 22.5. The van der Waals surface area contributed by atoms with Crippen molar-refractivity contribution in [3.05, 3.63) is 0 Å². The molecule has 10 aliphatic heterocycles. The van der Waals surface area contributed by atoms with E-state index in [1.807, 2.05) is 0 Å². The molecule has 1 aliphatic carbocycles. The van der Waals surface area contributed by atoms with Crippen molar-refractivity contribution in [2.45, 2.75) is 374 Å². The Labute approximate surface area is 694 Å². The average Bonchev–Trinajstić information content (AvgIpc) is 0.405. The molecule has 0 aromatic rings. The number of aliphatic hydroxyl groups excluding tert-OH is 31. The Kier molecular flexibility index (Phi) is 41.7. The quantitative estimate of drug-likeness (QED) is 0.0682. The van der Waals surface area contributed by atoms with E-state index < -0.39 is 356 Å². The molecule has 0 amide bonds. The first-order chi connectivity index (χ1) is 56.8. The molecular weight excluding hydrogens is 1670 g/mol. The number of carboxylic acid groups (broad SMARTS) is 3. The normalized spacial score (nSPS) is 51.1. The van der Waals surface area contributed by atoms with E-state index in [9.17, 15) is 137 Å². The Morgan fingerprint density at radius 3 is 0.934 bits per heavy atom. The fraction of sp³-hybridized carbons (Fsp3) is 0.957. The van der Waals surface area contributed by atoms with E-state index in [0.29, 0.717) is 0 Å². The van der Waals surface area contributed by atoms with Crippen LogP contribution in [-0.2, 0) is 85.4 Å². The number of carbonyl (C=O) groups is 3. The van der Waals surface area contributed by atoms with Crippen LogP contribution in [0, 0.1) is 5.92 Å². The molecule has 11 aliphatic rings. The fourth-order valence-electron chi connectivity index (χ4n) is 14.4. The van der Waals surface area contributed by atoms with Crippen molar-refractivity contribution in [3.63, 3.8) is 0 Å². The van der Waals surface area contributed by atoms with Crippen LogP contribution in [0.15, 0.2) is 0 Å². The van der Waals surface area contributed by atoms with Crippen LogP contribution < -0.4 is 0 Å². The number of ether oxygens (including phenoxy) is 15. The molecule has 0 spiro atoms. The summed E-state index contributed by atoms with van der Waals surface area (Å²) in [4.78, 5) is 32.7. The Morgan fingerprint density at radius 1 is 0.246 bits per heavy atom. The van der Waals surface area contributed by atoms with E-state index in [1.54, 1.807) is 27.7 Å². The standard InChI is InChI=1S/C20H34O14.C18H32O13.C13H22O11.C7H12O6.2C6H12O4/c1-5-3-7(10(23)12(25)9(5)22)32-18-13(26)11(24)8(4-21)33-20(18)34-16-6(2)31-17(19(29)30)15(28)14(16)27;1-5-9(20)12(23)14(25)17(28-5)31-16-6(2)27-4-8(11(16)22)30-18-15(26)13(24)10(21)7(3-19)29-18;1-3-10(7(17)8(18)11(22-3)12(20)21)24-13-9(19)6(16)5(15)4(2-14)23-13;1-2-3(8)4(9)5(10)6(13-2)7(11)12;2*1-3-5(8)6(9)4(7)2-10-3/h5-18,20-28H,3-4H2,1-2H3,(H,29,30);5-26H,3-4H2,1-2H3;3-11,13-19H,2H2,1H3,(H,20,21);2-6,8-10H,1H3,(H,11,12);2*3-9H,2H2,1H3/t5-,6?,7-,8-,9+,10+,11+,12-,13+,14+,15+,16?,17+,18?,20+;5-,6?,7+,8?,9-,10+,11-,12+,13-,14+,15+,16-,17?,18?;3?,4-,5-,6+,7+,8+,9-,10+,11+,13?;2?,3-,4+,5-,6-;3?,4-,5+,6+;3?,4-,5-,6-/m101010/s1. The second-order valence-corrected chi connectivity index (χ2v) is 31.5. The van der Waals surface area contributed by atoms with Crippen molar-refractivity contribution in [2.75, 3.05) is 39.6 Å². The summed E-state index contributed by atoms with van der Waals surface area (Å²) in [5.41, 5.74) is 0. The lowest BCUT2D eigenvalue weighted by molar-refractivity contribution is -0.353. The van der Waals surface area contributed by atoms with Gasteiger partial charge in [0.1, 0.15) is 214 Å². The number of aliphatic carboxylic acids is 3. The van der Waals surface area contributed by atoms with Crippen LogP contribution in [0.4, 0.5) is 0 Å². The molecule has 10 saturated heterocycles. The van der Waals surface area contributed by atoms with Gasteiger partial charge in [0.2, 0.25) is 0 Å². The SMILES string of the molecule is CC1OCC(OC2O[C@H](CO)[C@@H](O)[C@H](O)[C@H]2O)[C@H](O)[C@H]1OC1O[C@@H](C)[C@H](O)[C@@H](O)[C@H]1O.CC1OC[C@@H](O)[C@H](O)[C@H]1O.CC1OC[C@H](O)[C@H](O)[C@H]1O.CC1O[C@H](C(=O)O)[C@@H](O)[C@H](O)C1O[C@@H]1O[C@H](CO)[C@H](O)[C@H](O)C1O[C@@H]1C[C@@H](C)[C@H](O)[C@@H](O)[C@H]1O.CC1O[C@H](C(=O)O)[C@@H](O)[C@H](O)[C@H]1O.CC1O[C@H](C(=O)O)[C@@H](O)[C@H](O)[C@H]1OC1O[C@H](CO)[C@@H](O)[C@H](O)[C@H]1O. The molecule has 0 radical (unpaired) electrons. The van der Waals surface area contributed by atoms with Crippen molar-refractivity contribution >= 4 is 17.9 Å². The van der Waals surface area contributed by atoms with Crippen LogP contribution in [-0.4, -0.2) is 543 Å². The molecule has 716 valence electrons. The third-order valence-corrected chi connectivity index (χ3v) is 22.5. The molecule has 52 nitrogen and oxygen atoms in total. The maximum Gasteiger partial charge on any atom is 0.335 e. The van der Waals surface area contributed by atoms with Gasteiger partial charge in [0, 0.05) is 0 Å². The molecular formula is C70H124O52. The summed E-state index contributed by atoms with van der Waals surface area (Å²) in [6, 6.07) is 0. The van der Waals surface area contributed by atoms with Crippen LogP contribution in [0.25, 0.3) is 0 Å². The smallest absolute Gasteiger partial charge is 0.335 e. The molecule has 52 atom stereocenters. The highest BCUT2D eigenvalue weighted by Crippen LogP contribution is 2.37. The predicted octanol–water partition coefficient (Wildman–Crippen LogP) is -18.9. The highest BCUT2D eigenvalue weighted by molar-refractivity contribution is 5.74. The van der Waals surface area contributed by atoms with Gasteiger partial charge in [0.25, 0.3) is 0 Å². The van der Waals surface area contributed by atoms with Crippen LogP contribution in [0.1, 0.15) is 61.8 Å². The second-order valence-electron chi connectivity index (χ2n) is 31.5. The summed E-state index contributed by atoms with van der Waals surface area (Å²) in [5.74, 6) is -4.80. The molecule has 0 bridgehead atoms. The average molecular weight is 1800 g/mol. The molecule has 11 fully saturated rings. The number of hydrogen-bond acceptors (Lipinski definition) is 49. The molecule has 1 saturated carbocycles. The van der Waals surface area contributed by atoms with E-state index in [2.05, 4.69) is 0 Å². The van der Waals surface area contributed by atoms with E-state index in [1.165, 1.54) is 27.7 Å². The summed E-state index contributed by atoms with van der Waals surface area (Å²) in [6.07, 6.45) is -67.7. The molecule has 11 rings (SSSR count). The molecule has 34 N–H and O–H groups in total. The molecule has 122 heavy (non-hydrogen) atoms. The van der Waals surface area contributed by atoms with Gasteiger partial charge in [-0.1, -0.05) is 6.92 Å². The topological polar surface area (TPSA) is 877 Å². The van der Waals surface area contributed by atoms with Gasteiger partial charge in [0.05, 0.1) is 94.6 Å². The van der Waals surface area contributed by atoms with Gasteiger partial charge in [-0.05, 0) is 60.8 Å². The van der Waals surface area contributed by atoms with Crippen molar-refractivity contribution in [2.24, 2.45) is 5.92 Å². The zero-order valence-corrected chi connectivity index (χ0v) is 67.0. The van der Waals surface area contributed by atoms with Gasteiger partial charge in [-0.25, -0.2) is 14.4 Å². The molecule has 52 heteroatoms. The molecule has 0 aromatic carbocycles. The van der Waals surface area contributed by atoms with Crippen LogP contribution in [0.3, 0.4) is 0 Å². The summed E-state index contributed by atoms with van der Waals surface area (Å²) in [7, 11) is 0. The Morgan fingerprint density at radius 2 is 0.541 bits per heavy atom. The lowest BCUT2D eigenvalue weighted by Crippen LogP contribution is -2.66. The third kappa shape index (κ3) is 25.8. The zero-order chi connectivity index (χ0) is 92.3. The molecule has 12 unspecified atom stereocenters. The van der Waals surface area contributed by atoms with Gasteiger partial charge in [-0.2, -0.15) is 0 Å². The largest absolute Gasteiger partial charge is 0.479 e. The van der Waals surface area contributed by atoms with Gasteiger partial charge >= 0.3 is 17.9 Å². The highest BCUT2D eigenvalue weighted by atomic mass is 16.8. The van der Waals surface area contributed by atoms with Gasteiger partial charge in [0.15, 0.2) is 43.5 Å². The molecule has 10 heterocycles. The Bertz CT molecular complexity index is 3030. The Hall–Kier alpha value is -3.43. The van der Waals surface area contributed by atoms with E-state index >= 15 is 0 Å². The van der Waals surface area contributed by atoms with Gasteiger partial charge in [-0.15, -0.1) is 0 Å². The summed E-state index contributed by atoms with van der Waals surface area (Å²) in [5, 5.41) is 328.